The van der Waals surface area contributed by atoms with Crippen molar-refractivity contribution in [3.8, 4) is 5.75 Å². The molecule has 2 aliphatic rings. The molecule has 3 aromatic rings. The maximum absolute atomic E-state index is 13.1. The van der Waals surface area contributed by atoms with E-state index in [4.69, 9.17) is 14.0 Å². The molecule has 1 N–H and O–H groups in total. The predicted molar refractivity (Wildman–Crippen MR) is 119 cm³/mol. The van der Waals surface area contributed by atoms with E-state index in [0.717, 1.165) is 93.2 Å². The summed E-state index contributed by atoms with van der Waals surface area (Å²) in [5.74, 6) is 3.13. The third-order valence-electron chi connectivity index (χ3n) is 6.70. The van der Waals surface area contributed by atoms with E-state index < -0.39 is 0 Å². The normalized spacial score (nSPS) is 20.0. The van der Waals surface area contributed by atoms with Crippen LogP contribution in [0.1, 0.15) is 60.2 Å². The Morgan fingerprint density at radius 3 is 2.97 bits per heavy atom. The number of ether oxygens (including phenoxy) is 2. The molecular weight excluding hydrogens is 408 g/mol. The van der Waals surface area contributed by atoms with Crippen LogP contribution in [0, 0.1) is 5.92 Å². The number of hydrogen-bond donors (Lipinski definition) is 1. The Morgan fingerprint density at radius 2 is 2.12 bits per heavy atom. The van der Waals surface area contributed by atoms with Crippen LogP contribution in [0.25, 0.3) is 10.9 Å². The van der Waals surface area contributed by atoms with Gasteiger partial charge in [0.05, 0.1) is 7.11 Å². The van der Waals surface area contributed by atoms with Gasteiger partial charge in [0.25, 0.3) is 5.91 Å². The summed E-state index contributed by atoms with van der Waals surface area (Å²) < 4.78 is 16.2. The molecule has 170 valence electrons. The molecule has 1 unspecified atom stereocenters. The van der Waals surface area contributed by atoms with E-state index in [1.807, 2.05) is 29.2 Å². The molecule has 0 aliphatic carbocycles. The molecule has 0 spiro atoms. The Kier molecular flexibility index (Phi) is 6.12. The fourth-order valence-corrected chi connectivity index (χ4v) is 4.82. The first-order valence-corrected chi connectivity index (χ1v) is 11.6. The average molecular weight is 439 g/mol. The molecule has 32 heavy (non-hydrogen) atoms. The molecule has 2 aliphatic heterocycles. The lowest BCUT2D eigenvalue weighted by Gasteiger charge is -2.32. The summed E-state index contributed by atoms with van der Waals surface area (Å²) in [6, 6.07) is 7.73. The van der Waals surface area contributed by atoms with Crippen LogP contribution in [-0.2, 0) is 11.2 Å². The van der Waals surface area contributed by atoms with Crippen molar-refractivity contribution in [1.29, 1.82) is 0 Å². The summed E-state index contributed by atoms with van der Waals surface area (Å²) in [6.45, 7) is 3.09. The van der Waals surface area contributed by atoms with Crippen molar-refractivity contribution in [3.63, 3.8) is 0 Å². The fourth-order valence-electron chi connectivity index (χ4n) is 4.82. The molecule has 0 bridgehead atoms. The van der Waals surface area contributed by atoms with Crippen molar-refractivity contribution >= 4 is 16.8 Å². The van der Waals surface area contributed by atoms with Gasteiger partial charge >= 0.3 is 0 Å². The Balaban J connectivity index is 1.18. The molecule has 2 aromatic heterocycles. The minimum absolute atomic E-state index is 0.0613. The number of aromatic amines is 1. The van der Waals surface area contributed by atoms with Crippen molar-refractivity contribution in [1.82, 2.24) is 20.0 Å². The number of hydrogen-bond acceptors (Lipinski definition) is 6. The first kappa shape index (κ1) is 21.0. The maximum atomic E-state index is 13.1. The lowest BCUT2D eigenvalue weighted by Crippen LogP contribution is -2.40. The van der Waals surface area contributed by atoms with Gasteiger partial charge in [-0.05, 0) is 56.2 Å². The van der Waals surface area contributed by atoms with Crippen molar-refractivity contribution in [3.05, 3.63) is 41.7 Å². The van der Waals surface area contributed by atoms with Crippen LogP contribution in [0.5, 0.6) is 5.75 Å². The van der Waals surface area contributed by atoms with Crippen LogP contribution in [0.2, 0.25) is 0 Å². The van der Waals surface area contributed by atoms with E-state index in [2.05, 4.69) is 15.1 Å². The van der Waals surface area contributed by atoms with Gasteiger partial charge < -0.3 is 23.9 Å². The molecule has 4 heterocycles. The van der Waals surface area contributed by atoms with E-state index in [0.29, 0.717) is 17.5 Å². The number of H-pyrrole nitrogens is 1. The van der Waals surface area contributed by atoms with Crippen molar-refractivity contribution in [2.24, 2.45) is 5.92 Å². The first-order chi connectivity index (χ1) is 15.7. The number of amides is 1. The highest BCUT2D eigenvalue weighted by Gasteiger charge is 2.26. The Hall–Kier alpha value is -2.87. The van der Waals surface area contributed by atoms with E-state index in [1.165, 1.54) is 0 Å². The van der Waals surface area contributed by atoms with Crippen LogP contribution >= 0.6 is 0 Å². The highest BCUT2D eigenvalue weighted by molar-refractivity contribution is 5.98. The largest absolute Gasteiger partial charge is 0.497 e. The van der Waals surface area contributed by atoms with Crippen LogP contribution < -0.4 is 4.74 Å². The zero-order valence-corrected chi connectivity index (χ0v) is 18.5. The molecule has 5 rings (SSSR count). The van der Waals surface area contributed by atoms with Gasteiger partial charge in [-0.3, -0.25) is 4.79 Å². The molecule has 0 radical (unpaired) electrons. The molecule has 2 saturated heterocycles. The van der Waals surface area contributed by atoms with Crippen molar-refractivity contribution in [2.75, 3.05) is 33.4 Å². The topological polar surface area (TPSA) is 93.5 Å². The number of rotatable bonds is 6. The maximum Gasteiger partial charge on any atom is 0.270 e. The Morgan fingerprint density at radius 1 is 1.25 bits per heavy atom. The fraction of sp³-hybridized carbons (Fsp3) is 0.542. The number of piperidine rings is 1. The van der Waals surface area contributed by atoms with Crippen molar-refractivity contribution in [2.45, 2.75) is 44.4 Å². The zero-order valence-electron chi connectivity index (χ0n) is 18.5. The number of aromatic nitrogens is 3. The van der Waals surface area contributed by atoms with E-state index >= 15 is 0 Å². The quantitative estimate of drug-likeness (QED) is 0.627. The van der Waals surface area contributed by atoms with Gasteiger partial charge in [0.1, 0.15) is 11.4 Å². The molecule has 8 heteroatoms. The van der Waals surface area contributed by atoms with Gasteiger partial charge in [-0.1, -0.05) is 5.16 Å². The smallest absolute Gasteiger partial charge is 0.270 e. The van der Waals surface area contributed by atoms with Crippen molar-refractivity contribution < 1.29 is 18.8 Å². The minimum atomic E-state index is 0.0613. The standard InChI is InChI=1S/C24H30N4O4/c1-30-19-6-5-18-13-21(25-20(18)14-19)24(29)28-10-2-3-16(15-28)4-7-22-26-23(32-27-22)17-8-11-31-12-9-17/h5-6,13-14,16-17,25H,2-4,7-12,15H2,1H3. The second-order valence-electron chi connectivity index (χ2n) is 8.87. The summed E-state index contributed by atoms with van der Waals surface area (Å²) in [7, 11) is 1.64. The van der Waals surface area contributed by atoms with Crippen LogP contribution in [0.3, 0.4) is 0 Å². The number of likely N-dealkylation sites (tertiary alicyclic amines) is 1. The number of carbonyl (C=O) groups excluding carboxylic acids is 1. The number of benzene rings is 1. The molecule has 1 atom stereocenters. The van der Waals surface area contributed by atoms with Crippen LogP contribution in [0.4, 0.5) is 0 Å². The number of carbonyl (C=O) groups is 1. The van der Waals surface area contributed by atoms with Gasteiger partial charge in [0.2, 0.25) is 5.89 Å². The highest BCUT2D eigenvalue weighted by atomic mass is 16.5. The monoisotopic (exact) mass is 438 g/mol. The number of methoxy groups -OCH3 is 1. The summed E-state index contributed by atoms with van der Waals surface area (Å²) in [5.41, 5.74) is 1.55. The van der Waals surface area contributed by atoms with Crippen LogP contribution in [-0.4, -0.2) is 59.3 Å². The predicted octanol–water partition coefficient (Wildman–Crippen LogP) is 3.94. The summed E-state index contributed by atoms with van der Waals surface area (Å²) in [4.78, 5) is 23.0. The van der Waals surface area contributed by atoms with Gasteiger partial charge in [-0.25, -0.2) is 0 Å². The lowest BCUT2D eigenvalue weighted by atomic mass is 9.93. The SMILES string of the molecule is COc1ccc2cc(C(=O)N3CCCC(CCc4noc(C5CCOCC5)n4)C3)[nH]c2c1. The first-order valence-electron chi connectivity index (χ1n) is 11.6. The van der Waals surface area contributed by atoms with Crippen LogP contribution in [0.15, 0.2) is 28.8 Å². The van der Waals surface area contributed by atoms with Gasteiger partial charge in [0.15, 0.2) is 5.82 Å². The average Bonchev–Trinajstić information content (AvgIpc) is 3.50. The van der Waals surface area contributed by atoms with Gasteiger partial charge in [-0.2, -0.15) is 4.98 Å². The molecule has 1 amide bonds. The molecule has 8 nitrogen and oxygen atoms in total. The number of fused-ring (bicyclic) bond motifs is 1. The third-order valence-corrected chi connectivity index (χ3v) is 6.70. The molecule has 2 fully saturated rings. The zero-order chi connectivity index (χ0) is 21.9. The second-order valence-corrected chi connectivity index (χ2v) is 8.87. The molecule has 0 saturated carbocycles. The number of nitrogens with zero attached hydrogens (tertiary/aromatic N) is 3. The van der Waals surface area contributed by atoms with Gasteiger partial charge in [-0.15, -0.1) is 0 Å². The highest BCUT2D eigenvalue weighted by Crippen LogP contribution is 2.27. The number of aryl methyl sites for hydroxylation is 1. The Bertz CT molecular complexity index is 1070. The Labute approximate surface area is 187 Å². The summed E-state index contributed by atoms with van der Waals surface area (Å²) >= 11 is 0. The summed E-state index contributed by atoms with van der Waals surface area (Å²) in [6.07, 6.45) is 5.78. The minimum Gasteiger partial charge on any atom is -0.497 e. The number of nitrogens with one attached hydrogen (secondary N) is 1. The van der Waals surface area contributed by atoms with Gasteiger partial charge in [0, 0.05) is 55.6 Å². The lowest BCUT2D eigenvalue weighted by molar-refractivity contribution is 0.0663. The van der Waals surface area contributed by atoms with E-state index in [-0.39, 0.29) is 5.91 Å². The third kappa shape index (κ3) is 4.50. The second kappa shape index (κ2) is 9.32. The molecular formula is C24H30N4O4. The molecule has 1 aromatic carbocycles. The van der Waals surface area contributed by atoms with E-state index in [9.17, 15) is 4.79 Å². The van der Waals surface area contributed by atoms with E-state index in [1.54, 1.807) is 7.11 Å². The summed E-state index contributed by atoms with van der Waals surface area (Å²) in [5, 5.41) is 5.21.